The Morgan fingerprint density at radius 2 is 1.88 bits per heavy atom. The Morgan fingerprint density at radius 1 is 1.25 bits per heavy atom. The van der Waals surface area contributed by atoms with E-state index < -0.39 is 18.0 Å². The molecule has 24 heavy (non-hydrogen) atoms. The Bertz CT molecular complexity index is 711. The number of hydrogen-bond acceptors (Lipinski definition) is 5. The number of hydrogen-bond donors (Lipinski definition) is 0. The lowest BCUT2D eigenvalue weighted by molar-refractivity contribution is -0.286. The van der Waals surface area contributed by atoms with Crippen molar-refractivity contribution in [3.8, 4) is 11.5 Å². The van der Waals surface area contributed by atoms with Crippen LogP contribution in [0.15, 0.2) is 12.1 Å². The lowest BCUT2D eigenvalue weighted by Gasteiger charge is -2.27. The van der Waals surface area contributed by atoms with Gasteiger partial charge in [0.05, 0.1) is 5.69 Å². The van der Waals surface area contributed by atoms with Crippen LogP contribution in [0.2, 0.25) is 0 Å². The molecular formula is C16H17F2NO5. The van der Waals surface area contributed by atoms with E-state index in [0.29, 0.717) is 6.42 Å². The minimum atomic E-state index is -3.79. The molecule has 8 heteroatoms. The molecule has 2 heterocycles. The van der Waals surface area contributed by atoms with Crippen molar-refractivity contribution in [1.29, 1.82) is 0 Å². The van der Waals surface area contributed by atoms with E-state index in [1.165, 1.54) is 17.0 Å². The van der Waals surface area contributed by atoms with E-state index >= 15 is 0 Å². The van der Waals surface area contributed by atoms with Gasteiger partial charge in [-0.2, -0.15) is 0 Å². The molecule has 2 aliphatic rings. The van der Waals surface area contributed by atoms with Gasteiger partial charge in [-0.25, -0.2) is 4.79 Å². The average molecular weight is 341 g/mol. The van der Waals surface area contributed by atoms with Gasteiger partial charge in [0.2, 0.25) is 0 Å². The predicted octanol–water partition coefficient (Wildman–Crippen LogP) is 3.73. The topological polar surface area (TPSA) is 65.1 Å². The fraction of sp³-hybridized carbons (Fsp3) is 0.500. The molecule has 0 bridgehead atoms. The van der Waals surface area contributed by atoms with Crippen molar-refractivity contribution in [2.75, 3.05) is 11.4 Å². The molecule has 0 saturated carbocycles. The molecule has 0 aliphatic carbocycles. The van der Waals surface area contributed by atoms with Crippen molar-refractivity contribution in [3.63, 3.8) is 0 Å². The van der Waals surface area contributed by atoms with E-state index in [1.807, 2.05) is 0 Å². The second-order valence-corrected chi connectivity index (χ2v) is 6.64. The number of ether oxygens (including phenoxy) is 3. The van der Waals surface area contributed by atoms with E-state index in [1.54, 1.807) is 20.8 Å². The zero-order valence-corrected chi connectivity index (χ0v) is 13.5. The number of carbonyl (C=O) groups excluding carboxylic acids is 2. The Balaban J connectivity index is 2.03. The number of nitrogens with zero attached hydrogens (tertiary/aromatic N) is 1. The average Bonchev–Trinajstić information content (AvgIpc) is 2.63. The van der Waals surface area contributed by atoms with Crippen LogP contribution in [0.5, 0.6) is 11.5 Å². The molecule has 0 unspecified atom stereocenters. The summed E-state index contributed by atoms with van der Waals surface area (Å²) in [5.74, 6) is -0.696. The highest BCUT2D eigenvalue weighted by Gasteiger charge is 2.45. The number of halogens is 2. The summed E-state index contributed by atoms with van der Waals surface area (Å²) in [6.45, 7) is 5.39. The van der Waals surface area contributed by atoms with Crippen LogP contribution < -0.4 is 14.4 Å². The fourth-order valence-electron chi connectivity index (χ4n) is 2.59. The third-order valence-corrected chi connectivity index (χ3v) is 3.51. The number of alkyl halides is 2. The highest BCUT2D eigenvalue weighted by molar-refractivity contribution is 6.06. The fourth-order valence-corrected chi connectivity index (χ4v) is 2.59. The monoisotopic (exact) mass is 341 g/mol. The maximum Gasteiger partial charge on any atom is 0.586 e. The summed E-state index contributed by atoms with van der Waals surface area (Å²) in [5.41, 5.74) is -0.401. The smallest absolute Gasteiger partial charge is 0.443 e. The zero-order valence-electron chi connectivity index (χ0n) is 13.5. The van der Waals surface area contributed by atoms with E-state index in [9.17, 15) is 18.4 Å². The second kappa shape index (κ2) is 5.32. The van der Waals surface area contributed by atoms with E-state index in [0.717, 1.165) is 0 Å². The van der Waals surface area contributed by atoms with Crippen LogP contribution >= 0.6 is 0 Å². The molecule has 130 valence electrons. The summed E-state index contributed by atoms with van der Waals surface area (Å²) >= 11 is 0. The van der Waals surface area contributed by atoms with E-state index in [4.69, 9.17) is 4.74 Å². The third-order valence-electron chi connectivity index (χ3n) is 3.51. The molecule has 1 aromatic carbocycles. The van der Waals surface area contributed by atoms with Crippen LogP contribution in [0.1, 0.15) is 44.0 Å². The third kappa shape index (κ3) is 3.13. The number of amides is 1. The van der Waals surface area contributed by atoms with Gasteiger partial charge in [0, 0.05) is 24.6 Å². The molecule has 3 rings (SSSR count). The number of rotatable bonds is 0. The second-order valence-electron chi connectivity index (χ2n) is 6.64. The minimum Gasteiger partial charge on any atom is -0.443 e. The van der Waals surface area contributed by atoms with Crippen molar-refractivity contribution in [2.45, 2.75) is 45.5 Å². The van der Waals surface area contributed by atoms with Gasteiger partial charge in [-0.05, 0) is 33.3 Å². The molecule has 1 amide bonds. The molecule has 0 aromatic heterocycles. The number of anilines is 1. The molecule has 0 radical (unpaired) electrons. The van der Waals surface area contributed by atoms with Crippen molar-refractivity contribution in [3.05, 3.63) is 17.7 Å². The highest BCUT2D eigenvalue weighted by Crippen LogP contribution is 2.45. The summed E-state index contributed by atoms with van der Waals surface area (Å²) in [7, 11) is 0. The van der Waals surface area contributed by atoms with Crippen LogP contribution in [0.4, 0.5) is 19.3 Å². The maximum absolute atomic E-state index is 13.2. The predicted molar refractivity (Wildman–Crippen MR) is 79.8 cm³/mol. The molecule has 1 aromatic rings. The number of benzene rings is 1. The van der Waals surface area contributed by atoms with Crippen LogP contribution in [-0.4, -0.2) is 30.3 Å². The van der Waals surface area contributed by atoms with Gasteiger partial charge in [0.1, 0.15) is 5.60 Å². The Hall–Kier alpha value is -2.38. The largest absolute Gasteiger partial charge is 0.586 e. The summed E-state index contributed by atoms with van der Waals surface area (Å²) in [5, 5.41) is 0. The molecular weight excluding hydrogens is 324 g/mol. The zero-order chi connectivity index (χ0) is 17.7. The molecule has 0 spiro atoms. The van der Waals surface area contributed by atoms with Gasteiger partial charge in [0.25, 0.3) is 0 Å². The lowest BCUT2D eigenvalue weighted by atomic mass is 10.1. The summed E-state index contributed by atoms with van der Waals surface area (Å²) in [4.78, 5) is 26.0. The first-order chi connectivity index (χ1) is 11.1. The van der Waals surface area contributed by atoms with Gasteiger partial charge >= 0.3 is 12.4 Å². The molecule has 0 atom stereocenters. The van der Waals surface area contributed by atoms with Crippen LogP contribution in [0.25, 0.3) is 0 Å². The van der Waals surface area contributed by atoms with Crippen LogP contribution in [-0.2, 0) is 4.74 Å². The Morgan fingerprint density at radius 3 is 2.50 bits per heavy atom. The number of ketones is 1. The quantitative estimate of drug-likeness (QED) is 0.719. The van der Waals surface area contributed by atoms with Gasteiger partial charge in [0.15, 0.2) is 17.3 Å². The highest BCUT2D eigenvalue weighted by atomic mass is 19.3. The maximum atomic E-state index is 13.2. The van der Waals surface area contributed by atoms with Gasteiger partial charge in [-0.3, -0.25) is 9.69 Å². The lowest BCUT2D eigenvalue weighted by Crippen LogP contribution is -2.37. The molecule has 0 N–H and O–H groups in total. The first kappa shape index (κ1) is 16.5. The first-order valence-electron chi connectivity index (χ1n) is 7.53. The molecule has 0 fully saturated rings. The minimum absolute atomic E-state index is 0.137. The summed E-state index contributed by atoms with van der Waals surface area (Å²) in [6, 6.07) is 2.41. The standard InChI is InChI=1S/C16H17F2NO5/c1-15(2,3)24-14(21)19-6-4-5-11(20)9-7-12-13(8-10(9)19)23-16(17,18)22-12/h7-8H,4-6H2,1-3H3. The van der Waals surface area contributed by atoms with Gasteiger partial charge in [-0.15, -0.1) is 8.78 Å². The summed E-state index contributed by atoms with van der Waals surface area (Å²) < 4.78 is 40.6. The van der Waals surface area contributed by atoms with E-state index in [2.05, 4.69) is 9.47 Å². The SMILES string of the molecule is CC(C)(C)OC(=O)N1CCCC(=O)c2cc3c(cc21)OC(F)(F)O3. The summed E-state index contributed by atoms with van der Waals surface area (Å²) in [6.07, 6.45) is -3.80. The molecule has 2 aliphatic heterocycles. The van der Waals surface area contributed by atoms with Crippen molar-refractivity contribution in [1.82, 2.24) is 0 Å². The van der Waals surface area contributed by atoms with E-state index in [-0.39, 0.29) is 41.5 Å². The number of Topliss-reactive ketones (excluding diaryl/α,β-unsaturated/α-hetero) is 1. The Kier molecular flexibility index (Phi) is 3.65. The van der Waals surface area contributed by atoms with Crippen LogP contribution in [0, 0.1) is 0 Å². The number of fused-ring (bicyclic) bond motifs is 2. The number of carbonyl (C=O) groups is 2. The first-order valence-corrected chi connectivity index (χ1v) is 7.53. The molecule has 6 nitrogen and oxygen atoms in total. The van der Waals surface area contributed by atoms with Crippen molar-refractivity contribution >= 4 is 17.6 Å². The van der Waals surface area contributed by atoms with Gasteiger partial charge < -0.3 is 14.2 Å². The Labute approximate surface area is 137 Å². The van der Waals surface area contributed by atoms with Crippen molar-refractivity contribution < 1.29 is 32.6 Å². The van der Waals surface area contributed by atoms with Crippen LogP contribution in [0.3, 0.4) is 0 Å². The van der Waals surface area contributed by atoms with Crippen molar-refractivity contribution in [2.24, 2.45) is 0 Å². The van der Waals surface area contributed by atoms with Gasteiger partial charge in [-0.1, -0.05) is 0 Å². The molecule has 0 saturated heterocycles. The normalized spacial score (nSPS) is 18.9.